The van der Waals surface area contributed by atoms with Crippen molar-refractivity contribution < 1.29 is 23.1 Å². The molecule has 10 heteroatoms. The van der Waals surface area contributed by atoms with Crippen molar-refractivity contribution in [1.82, 2.24) is 9.40 Å². The zero-order valence-corrected chi connectivity index (χ0v) is 28.2. The average molecular weight is 646 g/mol. The molecular formula is C34H51N3O5S2. The Hall–Kier alpha value is -2.85. The van der Waals surface area contributed by atoms with E-state index in [0.717, 1.165) is 35.5 Å². The first-order chi connectivity index (χ1) is 21.4. The maximum Gasteiger partial charge on any atom is 0.339 e. The number of para-hydroxylation sites is 1. The molecule has 3 aromatic rings. The molecule has 1 heterocycles. The van der Waals surface area contributed by atoms with Crippen LogP contribution in [0.1, 0.15) is 127 Å². The van der Waals surface area contributed by atoms with E-state index in [1.807, 2.05) is 35.8 Å². The first-order valence-electron chi connectivity index (χ1n) is 16.5. The average Bonchev–Trinajstić information content (AvgIpc) is 3.39. The molecule has 0 saturated heterocycles. The van der Waals surface area contributed by atoms with Crippen LogP contribution in [0, 0.1) is 0 Å². The predicted molar refractivity (Wildman–Crippen MR) is 180 cm³/mol. The van der Waals surface area contributed by atoms with Gasteiger partial charge < -0.3 is 14.4 Å². The van der Waals surface area contributed by atoms with Gasteiger partial charge in [-0.05, 0) is 43.7 Å². The fourth-order valence-electron chi connectivity index (χ4n) is 5.37. The summed E-state index contributed by atoms with van der Waals surface area (Å²) in [5, 5.41) is 13.9. The third-order valence-corrected chi connectivity index (χ3v) is 10.2. The molecule has 0 saturated carbocycles. The lowest BCUT2D eigenvalue weighted by Gasteiger charge is -2.11. The summed E-state index contributed by atoms with van der Waals surface area (Å²) in [4.78, 5) is 14.5. The number of ether oxygens (including phenoxy) is 1. The largest absolute Gasteiger partial charge is 0.493 e. The number of carboxylic acid groups (broad SMARTS) is 1. The summed E-state index contributed by atoms with van der Waals surface area (Å²) in [7, 11) is -4.09. The smallest absolute Gasteiger partial charge is 0.339 e. The minimum absolute atomic E-state index is 0.169. The van der Waals surface area contributed by atoms with E-state index in [1.54, 1.807) is 0 Å². The van der Waals surface area contributed by atoms with Crippen LogP contribution in [-0.4, -0.2) is 30.7 Å². The second kappa shape index (κ2) is 19.5. The molecule has 1 aromatic heterocycles. The van der Waals surface area contributed by atoms with Gasteiger partial charge in [0, 0.05) is 6.54 Å². The summed E-state index contributed by atoms with van der Waals surface area (Å²) in [6.45, 7) is 5.24. The van der Waals surface area contributed by atoms with Crippen molar-refractivity contribution in [2.24, 2.45) is 5.10 Å². The molecule has 0 spiro atoms. The topological polar surface area (TPSA) is 110 Å². The highest BCUT2D eigenvalue weighted by atomic mass is 32.2. The molecule has 44 heavy (non-hydrogen) atoms. The van der Waals surface area contributed by atoms with Gasteiger partial charge in [-0.3, -0.25) is 0 Å². The summed E-state index contributed by atoms with van der Waals surface area (Å²) in [6.07, 6.45) is 20.5. The number of hydrogen-bond donors (Lipinski definition) is 2. The number of carbonyl (C=O) groups is 1. The maximum atomic E-state index is 13.0. The normalized spacial score (nSPS) is 12.2. The zero-order chi connectivity index (χ0) is 31.6. The van der Waals surface area contributed by atoms with Gasteiger partial charge in [0.1, 0.15) is 11.3 Å². The van der Waals surface area contributed by atoms with E-state index in [0.29, 0.717) is 18.0 Å². The second-order valence-electron chi connectivity index (χ2n) is 11.4. The predicted octanol–water partition coefficient (Wildman–Crippen LogP) is 8.86. The molecule has 0 fully saturated rings. The Morgan fingerprint density at radius 3 is 1.98 bits per heavy atom. The summed E-state index contributed by atoms with van der Waals surface area (Å²) in [6, 6.07) is 11.7. The lowest BCUT2D eigenvalue weighted by molar-refractivity contribution is 0.0691. The van der Waals surface area contributed by atoms with Crippen molar-refractivity contribution >= 4 is 37.5 Å². The highest BCUT2D eigenvalue weighted by Crippen LogP contribution is 2.24. The molecular weight excluding hydrogens is 595 g/mol. The Balaban J connectivity index is 1.37. The second-order valence-corrected chi connectivity index (χ2v) is 14.1. The Labute approximate surface area is 267 Å². The Morgan fingerprint density at radius 1 is 0.841 bits per heavy atom. The van der Waals surface area contributed by atoms with Gasteiger partial charge in [0.05, 0.1) is 21.7 Å². The number of aryl methyl sites for hydroxylation is 1. The molecule has 0 bridgehead atoms. The molecule has 0 aliphatic rings. The van der Waals surface area contributed by atoms with E-state index in [-0.39, 0.29) is 16.2 Å². The number of nitrogens with one attached hydrogen (secondary N) is 1. The lowest BCUT2D eigenvalue weighted by Crippen LogP contribution is -2.24. The molecule has 244 valence electrons. The van der Waals surface area contributed by atoms with Crippen molar-refractivity contribution in [1.29, 1.82) is 0 Å². The number of thiazole rings is 1. The van der Waals surface area contributed by atoms with Crippen LogP contribution >= 0.6 is 11.3 Å². The number of aromatic nitrogens is 1. The zero-order valence-electron chi connectivity index (χ0n) is 26.6. The molecule has 2 aromatic carbocycles. The highest BCUT2D eigenvalue weighted by molar-refractivity contribution is 7.89. The molecule has 0 unspecified atom stereocenters. The van der Waals surface area contributed by atoms with Crippen LogP contribution in [0.2, 0.25) is 0 Å². The van der Waals surface area contributed by atoms with E-state index < -0.39 is 16.0 Å². The van der Waals surface area contributed by atoms with Crippen LogP contribution in [0.5, 0.6) is 5.75 Å². The third kappa shape index (κ3) is 11.6. The van der Waals surface area contributed by atoms with Gasteiger partial charge in [0.25, 0.3) is 10.0 Å². The molecule has 8 nitrogen and oxygen atoms in total. The number of benzene rings is 2. The Kier molecular flexibility index (Phi) is 15.8. The van der Waals surface area contributed by atoms with Crippen LogP contribution in [0.15, 0.2) is 52.5 Å². The summed E-state index contributed by atoms with van der Waals surface area (Å²) in [5.41, 5.74) is 0.784. The van der Waals surface area contributed by atoms with Crippen molar-refractivity contribution in [2.75, 3.05) is 6.61 Å². The maximum absolute atomic E-state index is 13.0. The summed E-state index contributed by atoms with van der Waals surface area (Å²) in [5.74, 6) is -1.07. The van der Waals surface area contributed by atoms with Gasteiger partial charge in [-0.2, -0.15) is 13.2 Å². The van der Waals surface area contributed by atoms with Gasteiger partial charge in [-0.1, -0.05) is 127 Å². The number of hydrogen-bond acceptors (Lipinski definition) is 6. The fraction of sp³-hybridized carbons (Fsp3) is 0.588. The van der Waals surface area contributed by atoms with E-state index in [1.165, 1.54) is 107 Å². The molecule has 0 aliphatic heterocycles. The van der Waals surface area contributed by atoms with E-state index in [2.05, 4.69) is 16.9 Å². The SMILES string of the molecule is CCCCCCCCCCCCCCCCCCOc1ccc(S(=O)(=O)N/N=c2/sc3ccccc3n2CC)cc1C(=O)O. The van der Waals surface area contributed by atoms with Gasteiger partial charge >= 0.3 is 5.97 Å². The number of unbranched alkanes of at least 4 members (excludes halogenated alkanes) is 15. The molecule has 0 aliphatic carbocycles. The minimum Gasteiger partial charge on any atom is -0.493 e. The number of rotatable bonds is 23. The molecule has 0 amide bonds. The number of fused-ring (bicyclic) bond motifs is 1. The first-order valence-corrected chi connectivity index (χ1v) is 18.8. The van der Waals surface area contributed by atoms with Gasteiger partial charge in [-0.25, -0.2) is 4.79 Å². The number of nitrogens with zero attached hydrogens (tertiary/aromatic N) is 2. The Bertz CT molecular complexity index is 1460. The number of carboxylic acids is 1. The quantitative estimate of drug-likeness (QED) is 0.0791. The summed E-state index contributed by atoms with van der Waals surface area (Å²) < 4.78 is 34.6. The number of sulfonamides is 1. The van der Waals surface area contributed by atoms with Gasteiger partial charge in [-0.15, -0.1) is 5.10 Å². The molecule has 2 N–H and O–H groups in total. The number of aromatic carboxylic acids is 1. The van der Waals surface area contributed by atoms with E-state index in [4.69, 9.17) is 4.74 Å². The minimum atomic E-state index is -4.09. The van der Waals surface area contributed by atoms with Crippen molar-refractivity contribution in [3.05, 3.63) is 52.8 Å². The summed E-state index contributed by atoms with van der Waals surface area (Å²) >= 11 is 1.37. The van der Waals surface area contributed by atoms with E-state index >= 15 is 0 Å². The van der Waals surface area contributed by atoms with Crippen LogP contribution in [0.3, 0.4) is 0 Å². The van der Waals surface area contributed by atoms with Gasteiger partial charge in [0.2, 0.25) is 4.80 Å². The van der Waals surface area contributed by atoms with Gasteiger partial charge in [0.15, 0.2) is 0 Å². The molecule has 0 radical (unpaired) electrons. The van der Waals surface area contributed by atoms with Crippen LogP contribution < -0.4 is 14.4 Å². The first kappa shape index (κ1) is 35.6. The van der Waals surface area contributed by atoms with Crippen LogP contribution in [0.4, 0.5) is 0 Å². The Morgan fingerprint density at radius 2 is 1.41 bits per heavy atom. The molecule has 0 atom stereocenters. The third-order valence-electron chi connectivity index (χ3n) is 7.91. The van der Waals surface area contributed by atoms with E-state index in [9.17, 15) is 18.3 Å². The lowest BCUT2D eigenvalue weighted by atomic mass is 10.0. The fourth-order valence-corrected chi connectivity index (χ4v) is 7.31. The monoisotopic (exact) mass is 645 g/mol. The highest BCUT2D eigenvalue weighted by Gasteiger charge is 2.20. The van der Waals surface area contributed by atoms with Crippen molar-refractivity contribution in [3.63, 3.8) is 0 Å². The van der Waals surface area contributed by atoms with Crippen LogP contribution in [-0.2, 0) is 16.6 Å². The standard InChI is InChI=1S/C34H51N3O5S2/c1-3-5-6-7-8-9-10-11-12-13-14-15-16-17-18-21-26-42-31-25-24-28(27-29(31)33(38)39)44(40,41)36-35-34-37(4-2)30-22-19-20-23-32(30)43-34/h19-20,22-25,27,36H,3-18,21,26H2,1-2H3,(H,38,39)/b35-34+. The molecule has 3 rings (SSSR count). The van der Waals surface area contributed by atoms with Crippen molar-refractivity contribution in [3.8, 4) is 5.75 Å². The van der Waals surface area contributed by atoms with Crippen molar-refractivity contribution in [2.45, 2.75) is 128 Å². The van der Waals surface area contributed by atoms with Crippen LogP contribution in [0.25, 0.3) is 10.2 Å².